The average Bonchev–Trinajstić information content (AvgIpc) is 2.19. The lowest BCUT2D eigenvalue weighted by molar-refractivity contribution is 0.323. The second-order valence-electron chi connectivity index (χ2n) is 4.08. The van der Waals surface area contributed by atoms with Gasteiger partial charge in [-0.25, -0.2) is 0 Å². The van der Waals surface area contributed by atoms with Gasteiger partial charge in [-0.3, -0.25) is 4.57 Å². The first-order valence-corrected chi connectivity index (χ1v) is 11.9. The Morgan fingerprint density at radius 2 is 1.31 bits per heavy atom. The van der Waals surface area contributed by atoms with E-state index in [1.54, 1.807) is 0 Å². The van der Waals surface area contributed by atoms with Crippen LogP contribution in [0.5, 0.6) is 0 Å². The van der Waals surface area contributed by atoms with E-state index in [0.717, 1.165) is 6.42 Å². The van der Waals surface area contributed by atoms with Crippen molar-refractivity contribution in [3.63, 3.8) is 0 Å². The zero-order valence-electron chi connectivity index (χ0n) is 10.1. The van der Waals surface area contributed by atoms with Crippen LogP contribution in [-0.2, 0) is 9.09 Å². The van der Waals surface area contributed by atoms with Gasteiger partial charge < -0.3 is 4.52 Å². The molecule has 0 rings (SSSR count). The first-order chi connectivity index (χ1) is 7.56. The highest BCUT2D eigenvalue weighted by Crippen LogP contribution is 2.62. The summed E-state index contributed by atoms with van der Waals surface area (Å²) in [5.41, 5.74) is 0. The van der Waals surface area contributed by atoms with Gasteiger partial charge in [0.25, 0.3) is 0 Å². The summed E-state index contributed by atoms with van der Waals surface area (Å²) in [4.78, 5) is 0. The largest absolute Gasteiger partial charge is 0.328 e. The topological polar surface area (TPSA) is 26.3 Å². The zero-order valence-corrected chi connectivity index (χ0v) is 14.2. The SMILES string of the molecule is CCCCCCCCCCCOP(=O)(Br)Br. The van der Waals surface area contributed by atoms with Crippen LogP contribution >= 0.6 is 35.8 Å². The molecular weight excluding hydrogens is 355 g/mol. The van der Waals surface area contributed by atoms with E-state index in [1.165, 1.54) is 51.4 Å². The van der Waals surface area contributed by atoms with Crippen molar-refractivity contribution in [2.24, 2.45) is 0 Å². The normalized spacial score (nSPS) is 11.9. The Kier molecular flexibility index (Phi) is 12.1. The Hall–Kier alpha value is 1.15. The van der Waals surface area contributed by atoms with Gasteiger partial charge in [0.15, 0.2) is 0 Å². The molecule has 0 saturated carbocycles. The van der Waals surface area contributed by atoms with Gasteiger partial charge in [-0.2, -0.15) is 0 Å². The van der Waals surface area contributed by atoms with Crippen molar-refractivity contribution in [2.45, 2.75) is 64.7 Å². The molecule has 0 aliphatic rings. The summed E-state index contributed by atoms with van der Waals surface area (Å²) in [5.74, 6) is 0. The molecule has 0 aromatic rings. The van der Waals surface area contributed by atoms with Crippen LogP contribution in [-0.4, -0.2) is 6.61 Å². The van der Waals surface area contributed by atoms with Gasteiger partial charge >= 0.3 is 4.77 Å². The van der Waals surface area contributed by atoms with Crippen LogP contribution in [0.1, 0.15) is 64.7 Å². The fourth-order valence-corrected chi connectivity index (χ4v) is 2.79. The zero-order chi connectivity index (χ0) is 12.3. The number of unbranched alkanes of at least 4 members (excludes halogenated alkanes) is 8. The maximum atomic E-state index is 11.1. The molecule has 0 heterocycles. The van der Waals surface area contributed by atoms with E-state index in [1.807, 2.05) is 0 Å². The Balaban J connectivity index is 3.02. The average molecular weight is 378 g/mol. The minimum absolute atomic E-state index is 0.573. The lowest BCUT2D eigenvalue weighted by Gasteiger charge is -2.04. The van der Waals surface area contributed by atoms with Crippen molar-refractivity contribution in [1.29, 1.82) is 0 Å². The summed E-state index contributed by atoms with van der Waals surface area (Å²) < 4.78 is 13.5. The van der Waals surface area contributed by atoms with Crippen molar-refractivity contribution < 1.29 is 9.09 Å². The van der Waals surface area contributed by atoms with Crippen LogP contribution in [0, 0.1) is 0 Å². The van der Waals surface area contributed by atoms with Crippen LogP contribution in [0.3, 0.4) is 0 Å². The maximum Gasteiger partial charge on any atom is 0.328 e. The van der Waals surface area contributed by atoms with Crippen molar-refractivity contribution in [1.82, 2.24) is 0 Å². The van der Waals surface area contributed by atoms with Crippen LogP contribution < -0.4 is 0 Å². The molecule has 16 heavy (non-hydrogen) atoms. The first-order valence-electron chi connectivity index (χ1n) is 6.20. The van der Waals surface area contributed by atoms with Crippen LogP contribution in [0.25, 0.3) is 0 Å². The molecule has 0 saturated heterocycles. The van der Waals surface area contributed by atoms with E-state index in [2.05, 4.69) is 37.9 Å². The van der Waals surface area contributed by atoms with Gasteiger partial charge in [0.1, 0.15) is 0 Å². The molecule has 98 valence electrons. The lowest BCUT2D eigenvalue weighted by atomic mass is 10.1. The van der Waals surface area contributed by atoms with Gasteiger partial charge in [0.05, 0.1) is 6.61 Å². The number of rotatable bonds is 11. The van der Waals surface area contributed by atoms with Crippen LogP contribution in [0.2, 0.25) is 0 Å². The molecule has 0 bridgehead atoms. The van der Waals surface area contributed by atoms with E-state index in [-0.39, 0.29) is 0 Å². The Morgan fingerprint density at radius 1 is 0.875 bits per heavy atom. The molecule has 0 aromatic heterocycles. The highest BCUT2D eigenvalue weighted by atomic mass is 79.9. The molecular formula is C11H23Br2O2P. The van der Waals surface area contributed by atoms with Gasteiger partial charge in [-0.15, -0.1) is 0 Å². The molecule has 0 spiro atoms. The molecule has 0 unspecified atom stereocenters. The molecule has 0 atom stereocenters. The number of hydrogen-bond donors (Lipinski definition) is 0. The second-order valence-corrected chi connectivity index (χ2v) is 13.6. The van der Waals surface area contributed by atoms with E-state index < -0.39 is 4.77 Å². The van der Waals surface area contributed by atoms with Crippen LogP contribution in [0.4, 0.5) is 0 Å². The quantitative estimate of drug-likeness (QED) is 0.306. The predicted octanol–water partition coefficient (Wildman–Crippen LogP) is 6.43. The van der Waals surface area contributed by atoms with E-state index in [9.17, 15) is 4.57 Å². The van der Waals surface area contributed by atoms with Gasteiger partial charge in [-0.1, -0.05) is 58.3 Å². The third-order valence-electron chi connectivity index (χ3n) is 2.49. The maximum absolute atomic E-state index is 11.1. The highest BCUT2D eigenvalue weighted by Gasteiger charge is 2.11. The number of halogens is 2. The fourth-order valence-electron chi connectivity index (χ4n) is 1.58. The van der Waals surface area contributed by atoms with Crippen LogP contribution in [0.15, 0.2) is 0 Å². The van der Waals surface area contributed by atoms with Gasteiger partial charge in [0.2, 0.25) is 0 Å². The van der Waals surface area contributed by atoms with Crippen molar-refractivity contribution in [3.8, 4) is 0 Å². The lowest BCUT2D eigenvalue weighted by Crippen LogP contribution is -1.87. The second kappa shape index (κ2) is 11.3. The molecule has 0 fully saturated rings. The van der Waals surface area contributed by atoms with E-state index in [4.69, 9.17) is 4.52 Å². The summed E-state index contributed by atoms with van der Waals surface area (Å²) >= 11 is 5.89. The fraction of sp³-hybridized carbons (Fsp3) is 1.00. The molecule has 0 radical (unpaired) electrons. The van der Waals surface area contributed by atoms with Crippen molar-refractivity contribution in [2.75, 3.05) is 6.61 Å². The summed E-state index contributed by atoms with van der Waals surface area (Å²) in [7, 11) is 0. The minimum atomic E-state index is -2.61. The molecule has 0 N–H and O–H groups in total. The Morgan fingerprint density at radius 3 is 1.75 bits per heavy atom. The smallest absolute Gasteiger partial charge is 0.313 e. The monoisotopic (exact) mass is 376 g/mol. The first kappa shape index (κ1) is 17.2. The molecule has 0 aliphatic carbocycles. The summed E-state index contributed by atoms with van der Waals surface area (Å²) in [6.45, 7) is 2.82. The van der Waals surface area contributed by atoms with E-state index in [0.29, 0.717) is 6.61 Å². The molecule has 0 amide bonds. The molecule has 0 aliphatic heterocycles. The number of hydrogen-bond acceptors (Lipinski definition) is 2. The minimum Gasteiger partial charge on any atom is -0.313 e. The van der Waals surface area contributed by atoms with E-state index >= 15 is 0 Å². The molecule has 2 nitrogen and oxygen atoms in total. The third-order valence-corrected chi connectivity index (χ3v) is 4.20. The van der Waals surface area contributed by atoms with Crippen molar-refractivity contribution >= 4 is 35.8 Å². The van der Waals surface area contributed by atoms with Gasteiger partial charge in [-0.05, 0) is 6.42 Å². The summed E-state index contributed by atoms with van der Waals surface area (Å²) in [6, 6.07) is 0. The Labute approximate surface area is 116 Å². The predicted molar refractivity (Wildman–Crippen MR) is 78.6 cm³/mol. The van der Waals surface area contributed by atoms with Gasteiger partial charge in [0, 0.05) is 31.0 Å². The van der Waals surface area contributed by atoms with Crippen molar-refractivity contribution in [3.05, 3.63) is 0 Å². The third kappa shape index (κ3) is 15.1. The molecule has 0 aromatic carbocycles. The Bertz CT molecular complexity index is 194. The summed E-state index contributed by atoms with van der Waals surface area (Å²) in [5, 5.41) is 0. The molecule has 5 heteroatoms. The highest BCUT2D eigenvalue weighted by molar-refractivity contribution is 9.70. The summed E-state index contributed by atoms with van der Waals surface area (Å²) in [6.07, 6.45) is 11.6. The standard InChI is InChI=1S/C11H23Br2O2P/c1-2-3-4-5-6-7-8-9-10-11-15-16(12,13)14/h2-11H2,1H3.